The Labute approximate surface area is 35.3 Å². The molecule has 0 spiro atoms. The van der Waals surface area contributed by atoms with Gasteiger partial charge in [0.25, 0.3) is 0 Å². The standard InChI is InChI=1S/C2H6N2O2/c1-3-2-6-4-5-1/h3-4H,1-2H2. The summed E-state index contributed by atoms with van der Waals surface area (Å²) in [4.78, 5) is 8.97. The molecule has 0 unspecified atom stereocenters. The number of nitrogens with one attached hydrogen (secondary N) is 2. The summed E-state index contributed by atoms with van der Waals surface area (Å²) >= 11 is 0. The van der Waals surface area contributed by atoms with Gasteiger partial charge in [-0.15, -0.1) is 0 Å². The molecule has 1 aliphatic rings. The highest BCUT2D eigenvalue weighted by molar-refractivity contribution is 4.21. The van der Waals surface area contributed by atoms with Gasteiger partial charge in [-0.3, -0.25) is 15.0 Å². The Morgan fingerprint density at radius 3 is 2.00 bits per heavy atom. The first-order valence-corrected chi connectivity index (χ1v) is 1.69. The first kappa shape index (κ1) is 4.01. The van der Waals surface area contributed by atoms with E-state index in [1.165, 1.54) is 0 Å². The third-order valence-electron chi connectivity index (χ3n) is 0.466. The topological polar surface area (TPSA) is 42.5 Å². The Morgan fingerprint density at radius 1 is 1.17 bits per heavy atom. The van der Waals surface area contributed by atoms with Gasteiger partial charge in [-0.2, -0.15) is 0 Å². The zero-order valence-electron chi connectivity index (χ0n) is 3.23. The molecule has 1 saturated heterocycles. The highest BCUT2D eigenvalue weighted by Gasteiger charge is 1.91. The fourth-order valence-corrected chi connectivity index (χ4v) is 0.244. The molecule has 0 bridgehead atoms. The average molecular weight is 90.1 g/mol. The van der Waals surface area contributed by atoms with Crippen molar-refractivity contribution in [2.75, 3.05) is 13.5 Å². The van der Waals surface area contributed by atoms with Crippen LogP contribution in [0.15, 0.2) is 0 Å². The first-order chi connectivity index (χ1) is 3.00. The van der Waals surface area contributed by atoms with E-state index in [1.807, 2.05) is 0 Å². The lowest BCUT2D eigenvalue weighted by Gasteiger charge is -2.11. The van der Waals surface area contributed by atoms with Crippen molar-refractivity contribution in [3.05, 3.63) is 0 Å². The van der Waals surface area contributed by atoms with Gasteiger partial charge in [0.15, 0.2) is 0 Å². The van der Waals surface area contributed by atoms with Gasteiger partial charge >= 0.3 is 0 Å². The van der Waals surface area contributed by atoms with Crippen LogP contribution < -0.4 is 11.0 Å². The molecular formula is C2H6N2O2. The maximum Gasteiger partial charge on any atom is 0.123 e. The maximum absolute atomic E-state index is 4.49. The van der Waals surface area contributed by atoms with Crippen molar-refractivity contribution in [3.8, 4) is 0 Å². The Kier molecular flexibility index (Phi) is 1.40. The molecule has 0 radical (unpaired) electrons. The average Bonchev–Trinajstić information content (AvgIpc) is 1.72. The third kappa shape index (κ3) is 0.908. The molecule has 1 fully saturated rings. The van der Waals surface area contributed by atoms with E-state index in [2.05, 4.69) is 20.6 Å². The van der Waals surface area contributed by atoms with Crippen LogP contribution in [0.3, 0.4) is 0 Å². The van der Waals surface area contributed by atoms with Gasteiger partial charge in [-0.05, 0) is 0 Å². The van der Waals surface area contributed by atoms with E-state index in [4.69, 9.17) is 0 Å². The van der Waals surface area contributed by atoms with Crippen LogP contribution >= 0.6 is 0 Å². The molecule has 0 atom stereocenters. The van der Waals surface area contributed by atoms with Crippen molar-refractivity contribution in [2.24, 2.45) is 0 Å². The van der Waals surface area contributed by atoms with Gasteiger partial charge in [-0.25, -0.2) is 0 Å². The van der Waals surface area contributed by atoms with Crippen LogP contribution in [0.25, 0.3) is 0 Å². The highest BCUT2D eigenvalue weighted by Crippen LogP contribution is 1.70. The lowest BCUT2D eigenvalue weighted by molar-refractivity contribution is -0.218. The molecule has 6 heavy (non-hydrogen) atoms. The van der Waals surface area contributed by atoms with E-state index in [0.29, 0.717) is 13.5 Å². The molecule has 0 aromatic heterocycles. The van der Waals surface area contributed by atoms with Crippen LogP contribution in [-0.2, 0) is 9.68 Å². The molecular weight excluding hydrogens is 84.0 g/mol. The zero-order chi connectivity index (χ0) is 4.24. The molecule has 4 heteroatoms. The summed E-state index contributed by atoms with van der Waals surface area (Å²) < 4.78 is 0. The largest absolute Gasteiger partial charge is 0.268 e. The van der Waals surface area contributed by atoms with Crippen LogP contribution in [0, 0.1) is 0 Å². The number of rotatable bonds is 0. The number of hydrogen-bond donors (Lipinski definition) is 2. The normalized spacial score (nSPS) is 24.0. The maximum atomic E-state index is 4.49. The minimum atomic E-state index is 0.514. The highest BCUT2D eigenvalue weighted by atomic mass is 16.9. The lowest BCUT2D eigenvalue weighted by Crippen LogP contribution is -2.35. The molecule has 0 aromatic rings. The van der Waals surface area contributed by atoms with Crippen LogP contribution in [0.2, 0.25) is 0 Å². The Morgan fingerprint density at radius 2 is 1.83 bits per heavy atom. The van der Waals surface area contributed by atoms with Gasteiger partial charge in [0.05, 0.1) is 0 Å². The summed E-state index contributed by atoms with van der Waals surface area (Å²) in [5.74, 6) is 0. The summed E-state index contributed by atoms with van der Waals surface area (Å²) in [7, 11) is 0. The van der Waals surface area contributed by atoms with Crippen LogP contribution in [0.1, 0.15) is 0 Å². The van der Waals surface area contributed by atoms with Crippen molar-refractivity contribution in [1.82, 2.24) is 11.0 Å². The summed E-state index contributed by atoms with van der Waals surface area (Å²) in [6, 6.07) is 0. The van der Waals surface area contributed by atoms with Crippen LogP contribution in [0.5, 0.6) is 0 Å². The van der Waals surface area contributed by atoms with Crippen molar-refractivity contribution in [1.29, 1.82) is 0 Å². The van der Waals surface area contributed by atoms with Gasteiger partial charge in [0, 0.05) is 0 Å². The molecule has 36 valence electrons. The lowest BCUT2D eigenvalue weighted by atomic mass is 11.1. The molecule has 4 nitrogen and oxygen atoms in total. The second-order valence-electron chi connectivity index (χ2n) is 0.911. The minimum Gasteiger partial charge on any atom is -0.268 e. The van der Waals surface area contributed by atoms with Gasteiger partial charge in [0.2, 0.25) is 0 Å². The molecule has 0 aliphatic carbocycles. The van der Waals surface area contributed by atoms with Crippen LogP contribution in [-0.4, -0.2) is 13.5 Å². The molecule has 1 heterocycles. The Balaban J connectivity index is 2.00. The smallest absolute Gasteiger partial charge is 0.123 e. The van der Waals surface area contributed by atoms with E-state index in [-0.39, 0.29) is 0 Å². The van der Waals surface area contributed by atoms with E-state index >= 15 is 0 Å². The first-order valence-electron chi connectivity index (χ1n) is 1.69. The quantitative estimate of drug-likeness (QED) is 0.398. The predicted molar refractivity (Wildman–Crippen MR) is 18.2 cm³/mol. The molecule has 1 rings (SSSR count). The Hall–Kier alpha value is -0.160. The predicted octanol–water partition coefficient (Wildman–Crippen LogP) is -1.04. The summed E-state index contributed by atoms with van der Waals surface area (Å²) in [6.07, 6.45) is 0. The summed E-state index contributed by atoms with van der Waals surface area (Å²) in [5, 5.41) is 2.78. The van der Waals surface area contributed by atoms with Gasteiger partial charge < -0.3 is 0 Å². The summed E-state index contributed by atoms with van der Waals surface area (Å²) in [5.41, 5.74) is 2.22. The fraction of sp³-hybridized carbons (Fsp3) is 1.00. The van der Waals surface area contributed by atoms with Crippen molar-refractivity contribution in [3.63, 3.8) is 0 Å². The van der Waals surface area contributed by atoms with E-state index in [9.17, 15) is 0 Å². The minimum absolute atomic E-state index is 0.514. The molecule has 0 amide bonds. The van der Waals surface area contributed by atoms with Gasteiger partial charge in [-0.1, -0.05) is 5.64 Å². The van der Waals surface area contributed by atoms with Crippen LogP contribution in [0.4, 0.5) is 0 Å². The molecule has 2 N–H and O–H groups in total. The van der Waals surface area contributed by atoms with Crippen molar-refractivity contribution < 1.29 is 9.68 Å². The summed E-state index contributed by atoms with van der Waals surface area (Å²) in [6.45, 7) is 1.03. The molecule has 1 aliphatic heterocycles. The number of hydrogen-bond acceptors (Lipinski definition) is 4. The third-order valence-corrected chi connectivity index (χ3v) is 0.466. The van der Waals surface area contributed by atoms with Crippen molar-refractivity contribution in [2.45, 2.75) is 0 Å². The molecule has 0 saturated carbocycles. The van der Waals surface area contributed by atoms with E-state index < -0.39 is 0 Å². The second-order valence-corrected chi connectivity index (χ2v) is 0.911. The van der Waals surface area contributed by atoms with Gasteiger partial charge in [0.1, 0.15) is 13.5 Å². The van der Waals surface area contributed by atoms with E-state index in [1.54, 1.807) is 0 Å². The molecule has 0 aromatic carbocycles. The second kappa shape index (κ2) is 2.09. The van der Waals surface area contributed by atoms with E-state index in [0.717, 1.165) is 0 Å². The van der Waals surface area contributed by atoms with Crippen molar-refractivity contribution >= 4 is 0 Å². The fourth-order valence-electron chi connectivity index (χ4n) is 0.244. The SMILES string of the molecule is C1NCONO1. The Bertz CT molecular complexity index is 25.0. The zero-order valence-corrected chi connectivity index (χ0v) is 3.23. The monoisotopic (exact) mass is 90.0 g/mol.